The monoisotopic (exact) mass is 377 g/mol. The first-order valence-corrected chi connectivity index (χ1v) is 8.71. The molecule has 0 unspecified atom stereocenters. The SMILES string of the molecule is COC(=O)/C(C#N)=C/Nc1ccc(NC(=O)c2ccc(C(C)(C)C)cc2)cc1. The van der Waals surface area contributed by atoms with Crippen LogP contribution >= 0.6 is 0 Å². The molecule has 0 aliphatic rings. The summed E-state index contributed by atoms with van der Waals surface area (Å²) < 4.78 is 4.51. The van der Waals surface area contributed by atoms with Gasteiger partial charge in [0.1, 0.15) is 6.07 Å². The van der Waals surface area contributed by atoms with Gasteiger partial charge in [0, 0.05) is 23.1 Å². The van der Waals surface area contributed by atoms with Crippen LogP contribution in [0.2, 0.25) is 0 Å². The quantitative estimate of drug-likeness (QED) is 0.462. The fourth-order valence-corrected chi connectivity index (χ4v) is 2.38. The standard InChI is InChI=1S/C22H23N3O3/c1-22(2,3)17-7-5-15(6-8-17)20(26)25-19-11-9-18(10-12-19)24-14-16(13-23)21(27)28-4/h5-12,14,24H,1-4H3,(H,25,26)/b16-14+. The molecule has 1 amide bonds. The number of anilines is 2. The molecule has 6 heteroatoms. The van der Waals surface area contributed by atoms with Crippen LogP contribution in [0.1, 0.15) is 36.7 Å². The Balaban J connectivity index is 2.02. The first kappa shape index (κ1) is 20.7. The smallest absolute Gasteiger partial charge is 0.350 e. The fraction of sp³-hybridized carbons (Fsp3) is 0.227. The zero-order valence-electron chi connectivity index (χ0n) is 16.4. The molecule has 0 bridgehead atoms. The molecule has 0 aliphatic heterocycles. The fourth-order valence-electron chi connectivity index (χ4n) is 2.38. The van der Waals surface area contributed by atoms with Crippen molar-refractivity contribution in [1.29, 1.82) is 5.26 Å². The van der Waals surface area contributed by atoms with E-state index in [2.05, 4.69) is 36.1 Å². The normalized spacial score (nSPS) is 11.3. The van der Waals surface area contributed by atoms with Crippen molar-refractivity contribution in [3.63, 3.8) is 0 Å². The molecule has 0 heterocycles. The van der Waals surface area contributed by atoms with E-state index in [4.69, 9.17) is 5.26 Å². The van der Waals surface area contributed by atoms with Crippen molar-refractivity contribution in [2.24, 2.45) is 0 Å². The van der Waals surface area contributed by atoms with Gasteiger partial charge in [0.2, 0.25) is 0 Å². The van der Waals surface area contributed by atoms with Gasteiger partial charge in [0.25, 0.3) is 5.91 Å². The molecule has 0 fully saturated rings. The number of nitrogens with one attached hydrogen (secondary N) is 2. The van der Waals surface area contributed by atoms with E-state index in [0.29, 0.717) is 16.9 Å². The molecule has 2 rings (SSSR count). The maximum absolute atomic E-state index is 12.4. The van der Waals surface area contributed by atoms with Gasteiger partial charge in [-0.05, 0) is 47.4 Å². The van der Waals surface area contributed by atoms with Crippen LogP contribution in [-0.2, 0) is 14.9 Å². The maximum atomic E-state index is 12.4. The first-order valence-electron chi connectivity index (χ1n) is 8.71. The molecule has 0 saturated carbocycles. The van der Waals surface area contributed by atoms with Crippen molar-refractivity contribution in [3.05, 3.63) is 71.4 Å². The number of esters is 1. The van der Waals surface area contributed by atoms with Crippen molar-refractivity contribution >= 4 is 23.3 Å². The lowest BCUT2D eigenvalue weighted by atomic mass is 9.87. The highest BCUT2D eigenvalue weighted by atomic mass is 16.5. The van der Waals surface area contributed by atoms with Gasteiger partial charge in [-0.15, -0.1) is 0 Å². The molecule has 6 nitrogen and oxygen atoms in total. The summed E-state index contributed by atoms with van der Waals surface area (Å²) >= 11 is 0. The third-order valence-corrected chi connectivity index (χ3v) is 4.06. The Morgan fingerprint density at radius 3 is 2.07 bits per heavy atom. The van der Waals surface area contributed by atoms with E-state index >= 15 is 0 Å². The average Bonchev–Trinajstić information content (AvgIpc) is 2.68. The maximum Gasteiger partial charge on any atom is 0.350 e. The lowest BCUT2D eigenvalue weighted by Gasteiger charge is -2.19. The van der Waals surface area contributed by atoms with E-state index in [1.165, 1.54) is 13.3 Å². The van der Waals surface area contributed by atoms with Crippen molar-refractivity contribution < 1.29 is 14.3 Å². The lowest BCUT2D eigenvalue weighted by Crippen LogP contribution is -2.14. The summed E-state index contributed by atoms with van der Waals surface area (Å²) in [5.74, 6) is -0.908. The molecule has 0 atom stereocenters. The van der Waals surface area contributed by atoms with Crippen LogP contribution in [0.25, 0.3) is 0 Å². The molecular weight excluding hydrogens is 354 g/mol. The summed E-state index contributed by atoms with van der Waals surface area (Å²) in [7, 11) is 1.21. The number of hydrogen-bond donors (Lipinski definition) is 2. The molecule has 0 aromatic heterocycles. The second-order valence-corrected chi connectivity index (χ2v) is 7.16. The van der Waals surface area contributed by atoms with E-state index in [1.54, 1.807) is 30.3 Å². The van der Waals surface area contributed by atoms with E-state index in [1.807, 2.05) is 24.3 Å². The van der Waals surface area contributed by atoms with E-state index in [0.717, 1.165) is 5.56 Å². The molecule has 0 saturated heterocycles. The van der Waals surface area contributed by atoms with Crippen LogP contribution in [0, 0.1) is 11.3 Å². The lowest BCUT2D eigenvalue weighted by molar-refractivity contribution is -0.135. The molecule has 2 aromatic carbocycles. The van der Waals surface area contributed by atoms with Crippen molar-refractivity contribution in [2.45, 2.75) is 26.2 Å². The summed E-state index contributed by atoms with van der Waals surface area (Å²) in [6, 6.07) is 16.2. The van der Waals surface area contributed by atoms with Crippen LogP contribution in [0.4, 0.5) is 11.4 Å². The van der Waals surface area contributed by atoms with Crippen LogP contribution in [0.15, 0.2) is 60.3 Å². The zero-order valence-corrected chi connectivity index (χ0v) is 16.4. The van der Waals surface area contributed by atoms with Crippen LogP contribution in [0.3, 0.4) is 0 Å². The number of benzene rings is 2. The Labute approximate surface area is 164 Å². The van der Waals surface area contributed by atoms with Crippen LogP contribution in [-0.4, -0.2) is 19.0 Å². The number of amides is 1. The predicted octanol–water partition coefficient (Wildman–Crippen LogP) is 4.23. The van der Waals surface area contributed by atoms with E-state index in [-0.39, 0.29) is 16.9 Å². The Morgan fingerprint density at radius 2 is 1.57 bits per heavy atom. The van der Waals surface area contributed by atoms with Gasteiger partial charge < -0.3 is 15.4 Å². The highest BCUT2D eigenvalue weighted by Gasteiger charge is 2.14. The van der Waals surface area contributed by atoms with Crippen LogP contribution in [0.5, 0.6) is 0 Å². The summed E-state index contributed by atoms with van der Waals surface area (Å²) in [6.07, 6.45) is 1.27. The van der Waals surface area contributed by atoms with Gasteiger partial charge in [0.15, 0.2) is 5.57 Å². The number of nitrogens with zero attached hydrogens (tertiary/aromatic N) is 1. The number of hydrogen-bond acceptors (Lipinski definition) is 5. The van der Waals surface area contributed by atoms with E-state index < -0.39 is 5.97 Å². The first-order chi connectivity index (χ1) is 13.2. The van der Waals surface area contributed by atoms with Gasteiger partial charge >= 0.3 is 5.97 Å². The number of methoxy groups -OCH3 is 1. The largest absolute Gasteiger partial charge is 0.465 e. The topological polar surface area (TPSA) is 91.2 Å². The molecule has 0 radical (unpaired) electrons. The summed E-state index contributed by atoms with van der Waals surface area (Å²) in [4.78, 5) is 23.7. The second-order valence-electron chi connectivity index (χ2n) is 7.16. The predicted molar refractivity (Wildman–Crippen MR) is 109 cm³/mol. The minimum Gasteiger partial charge on any atom is -0.465 e. The number of nitriles is 1. The van der Waals surface area contributed by atoms with Gasteiger partial charge in [-0.2, -0.15) is 5.26 Å². The number of rotatable bonds is 5. The molecule has 28 heavy (non-hydrogen) atoms. The summed E-state index contributed by atoms with van der Waals surface area (Å²) in [5, 5.41) is 14.6. The highest BCUT2D eigenvalue weighted by Crippen LogP contribution is 2.22. The Morgan fingerprint density at radius 1 is 1.00 bits per heavy atom. The molecule has 0 aliphatic carbocycles. The zero-order chi connectivity index (χ0) is 20.7. The minimum absolute atomic E-state index is 0.0333. The van der Waals surface area contributed by atoms with Gasteiger partial charge in [-0.3, -0.25) is 4.79 Å². The molecule has 2 N–H and O–H groups in total. The van der Waals surface area contributed by atoms with Crippen molar-refractivity contribution in [3.8, 4) is 6.07 Å². The third kappa shape index (κ3) is 5.45. The summed E-state index contributed by atoms with van der Waals surface area (Å²) in [6.45, 7) is 6.37. The van der Waals surface area contributed by atoms with Crippen molar-refractivity contribution in [1.82, 2.24) is 0 Å². The Kier molecular flexibility index (Phi) is 6.56. The van der Waals surface area contributed by atoms with Crippen molar-refractivity contribution in [2.75, 3.05) is 17.7 Å². The van der Waals surface area contributed by atoms with Gasteiger partial charge in [-0.1, -0.05) is 32.9 Å². The summed E-state index contributed by atoms with van der Waals surface area (Å²) in [5.41, 5.74) is 2.92. The van der Waals surface area contributed by atoms with Crippen LogP contribution < -0.4 is 10.6 Å². The number of ether oxygens (including phenoxy) is 1. The highest BCUT2D eigenvalue weighted by molar-refractivity contribution is 6.04. The second kappa shape index (κ2) is 8.87. The molecule has 0 spiro atoms. The average molecular weight is 377 g/mol. The third-order valence-electron chi connectivity index (χ3n) is 4.06. The number of carbonyl (C=O) groups excluding carboxylic acids is 2. The Hall–Kier alpha value is -3.59. The number of carbonyl (C=O) groups is 2. The minimum atomic E-state index is -0.712. The molecule has 2 aromatic rings. The van der Waals surface area contributed by atoms with E-state index in [9.17, 15) is 9.59 Å². The van der Waals surface area contributed by atoms with Gasteiger partial charge in [0.05, 0.1) is 7.11 Å². The molecular formula is C22H23N3O3. The molecule has 144 valence electrons. The van der Waals surface area contributed by atoms with Gasteiger partial charge in [-0.25, -0.2) is 4.79 Å². The Bertz CT molecular complexity index is 915.